The minimum absolute atomic E-state index is 0.450. The largest absolute Gasteiger partial charge is 0.450 e. The maximum atomic E-state index is 10.2. The van der Waals surface area contributed by atoms with Crippen LogP contribution in [0.15, 0.2) is 43.9 Å². The van der Waals surface area contributed by atoms with Crippen LogP contribution in [0.2, 0.25) is 0 Å². The average Bonchev–Trinajstić information content (AvgIpc) is 2.93. The number of aromatic nitrogens is 1. The first-order valence-electron chi connectivity index (χ1n) is 5.61. The number of thiazole rings is 1. The van der Waals surface area contributed by atoms with Gasteiger partial charge in [-0.05, 0) is 50.1 Å². The van der Waals surface area contributed by atoms with Gasteiger partial charge in [0.25, 0.3) is 0 Å². The van der Waals surface area contributed by atoms with Crippen molar-refractivity contribution < 1.29 is 9.52 Å². The number of furan rings is 1. The van der Waals surface area contributed by atoms with Crippen molar-refractivity contribution in [3.63, 3.8) is 0 Å². The molecule has 3 rings (SSSR count). The molecule has 98 valence electrons. The summed E-state index contributed by atoms with van der Waals surface area (Å²) in [6, 6.07) is 9.72. The summed E-state index contributed by atoms with van der Waals surface area (Å²) in [5.41, 5.74) is 0.969. The van der Waals surface area contributed by atoms with Gasteiger partial charge in [-0.3, -0.25) is 0 Å². The molecule has 0 radical (unpaired) electrons. The zero-order chi connectivity index (χ0) is 13.4. The van der Waals surface area contributed by atoms with Crippen LogP contribution >= 0.6 is 43.2 Å². The predicted molar refractivity (Wildman–Crippen MR) is 82.4 cm³/mol. The highest BCUT2D eigenvalue weighted by atomic mass is 79.9. The van der Waals surface area contributed by atoms with E-state index < -0.39 is 6.10 Å². The third-order valence-electron chi connectivity index (χ3n) is 2.70. The van der Waals surface area contributed by atoms with Gasteiger partial charge >= 0.3 is 0 Å². The van der Waals surface area contributed by atoms with Crippen LogP contribution in [0, 0.1) is 0 Å². The fraction of sp³-hybridized carbons (Fsp3) is 0.154. The Morgan fingerprint density at radius 2 is 2.11 bits per heavy atom. The molecule has 6 heteroatoms. The zero-order valence-electron chi connectivity index (χ0n) is 9.64. The second kappa shape index (κ2) is 5.36. The molecule has 3 aromatic rings. The fourth-order valence-corrected chi connectivity index (χ4v) is 3.41. The molecule has 1 unspecified atom stereocenters. The number of hydrogen-bond donors (Lipinski definition) is 1. The first kappa shape index (κ1) is 13.3. The molecular formula is C13H9Br2NO2S. The Hall–Kier alpha value is -0.690. The van der Waals surface area contributed by atoms with Crippen molar-refractivity contribution in [2.45, 2.75) is 12.5 Å². The van der Waals surface area contributed by atoms with Crippen molar-refractivity contribution >= 4 is 53.4 Å². The van der Waals surface area contributed by atoms with E-state index in [-0.39, 0.29) is 0 Å². The highest BCUT2D eigenvalue weighted by Gasteiger charge is 2.17. The molecule has 0 bridgehead atoms. The molecule has 1 N–H and O–H groups in total. The minimum Gasteiger partial charge on any atom is -0.450 e. The van der Waals surface area contributed by atoms with Crippen molar-refractivity contribution in [1.29, 1.82) is 0 Å². The van der Waals surface area contributed by atoms with Gasteiger partial charge in [0.1, 0.15) is 11.9 Å². The average molecular weight is 403 g/mol. The molecule has 3 nitrogen and oxygen atoms in total. The van der Waals surface area contributed by atoms with Gasteiger partial charge in [0.15, 0.2) is 4.67 Å². The van der Waals surface area contributed by atoms with E-state index in [4.69, 9.17) is 4.42 Å². The van der Waals surface area contributed by atoms with Crippen LogP contribution in [0.3, 0.4) is 0 Å². The molecule has 0 aliphatic carbocycles. The second-order valence-electron chi connectivity index (χ2n) is 4.07. The van der Waals surface area contributed by atoms with Crippen LogP contribution < -0.4 is 0 Å². The quantitative estimate of drug-likeness (QED) is 0.691. The third-order valence-corrected chi connectivity index (χ3v) is 5.47. The number of nitrogens with zero attached hydrogens (tertiary/aromatic N) is 1. The van der Waals surface area contributed by atoms with Gasteiger partial charge in [-0.2, -0.15) is 0 Å². The van der Waals surface area contributed by atoms with Gasteiger partial charge in [0, 0.05) is 6.42 Å². The monoisotopic (exact) mass is 401 g/mol. The van der Waals surface area contributed by atoms with Gasteiger partial charge < -0.3 is 9.52 Å². The first-order valence-corrected chi connectivity index (χ1v) is 8.01. The summed E-state index contributed by atoms with van der Waals surface area (Å²) in [7, 11) is 0. The number of para-hydroxylation sites is 1. The lowest BCUT2D eigenvalue weighted by Gasteiger charge is -2.04. The Kier molecular flexibility index (Phi) is 3.75. The van der Waals surface area contributed by atoms with Crippen molar-refractivity contribution in [3.05, 3.63) is 50.2 Å². The maximum Gasteiger partial charge on any atom is 0.183 e. The van der Waals surface area contributed by atoms with E-state index in [1.165, 1.54) is 0 Å². The summed E-state index contributed by atoms with van der Waals surface area (Å²) in [5.74, 6) is 0.526. The number of halogens is 2. The molecule has 0 aliphatic rings. The van der Waals surface area contributed by atoms with Crippen molar-refractivity contribution in [2.24, 2.45) is 0 Å². The molecule has 2 heterocycles. The minimum atomic E-state index is -0.692. The summed E-state index contributed by atoms with van der Waals surface area (Å²) in [4.78, 5) is 4.50. The number of aliphatic hydroxyl groups excluding tert-OH is 1. The van der Waals surface area contributed by atoms with E-state index in [0.29, 0.717) is 16.9 Å². The Labute approximate surface area is 130 Å². The molecule has 2 aromatic heterocycles. The fourth-order valence-electron chi connectivity index (χ4n) is 1.80. The first-order chi connectivity index (χ1) is 9.13. The number of rotatable bonds is 3. The molecule has 19 heavy (non-hydrogen) atoms. The van der Waals surface area contributed by atoms with Crippen LogP contribution in [-0.4, -0.2) is 10.1 Å². The van der Waals surface area contributed by atoms with Crippen LogP contribution in [0.4, 0.5) is 0 Å². The lowest BCUT2D eigenvalue weighted by molar-refractivity contribution is 0.148. The van der Waals surface area contributed by atoms with E-state index in [1.807, 2.05) is 24.3 Å². The highest BCUT2D eigenvalue weighted by molar-refractivity contribution is 9.13. The van der Waals surface area contributed by atoms with E-state index in [9.17, 15) is 5.11 Å². The number of hydrogen-bond acceptors (Lipinski definition) is 4. The Balaban J connectivity index is 1.84. The normalized spacial score (nSPS) is 13.0. The van der Waals surface area contributed by atoms with Crippen LogP contribution in [-0.2, 0) is 6.42 Å². The van der Waals surface area contributed by atoms with Gasteiger partial charge in [-0.1, -0.05) is 12.1 Å². The van der Waals surface area contributed by atoms with Crippen molar-refractivity contribution in [2.75, 3.05) is 0 Å². The number of aliphatic hydroxyl groups is 1. The number of benzene rings is 1. The predicted octanol–water partition coefficient (Wildman–Crippen LogP) is 4.69. The van der Waals surface area contributed by atoms with Gasteiger partial charge in [-0.15, -0.1) is 11.3 Å². The Morgan fingerprint density at radius 3 is 2.79 bits per heavy atom. The molecule has 0 fully saturated rings. The Bertz CT molecular complexity index is 670. The topological polar surface area (TPSA) is 46.3 Å². The van der Waals surface area contributed by atoms with E-state index in [2.05, 4.69) is 36.8 Å². The van der Waals surface area contributed by atoms with Crippen molar-refractivity contribution in [3.8, 4) is 0 Å². The Morgan fingerprint density at radius 1 is 1.32 bits per heavy atom. The SMILES string of the molecule is OC(Cc1nc2ccccc2s1)c1cc(Br)c(Br)o1. The van der Waals surface area contributed by atoms with Crippen LogP contribution in [0.1, 0.15) is 16.9 Å². The summed E-state index contributed by atoms with van der Waals surface area (Å²) in [5, 5.41) is 11.1. The van der Waals surface area contributed by atoms with E-state index in [0.717, 1.165) is 19.7 Å². The lowest BCUT2D eigenvalue weighted by Crippen LogP contribution is -1.99. The van der Waals surface area contributed by atoms with Crippen molar-refractivity contribution in [1.82, 2.24) is 4.98 Å². The van der Waals surface area contributed by atoms with Gasteiger partial charge in [0.2, 0.25) is 0 Å². The standard InChI is InChI=1S/C13H9Br2NO2S/c14-7-5-10(18-13(7)15)9(17)6-12-16-8-3-1-2-4-11(8)19-12/h1-5,9,17H,6H2. The second-order valence-corrected chi connectivity index (χ2v) is 6.76. The molecule has 0 amide bonds. The van der Waals surface area contributed by atoms with E-state index >= 15 is 0 Å². The summed E-state index contributed by atoms with van der Waals surface area (Å²) < 4.78 is 7.94. The third kappa shape index (κ3) is 2.76. The smallest absolute Gasteiger partial charge is 0.183 e. The molecule has 1 atom stereocenters. The maximum absolute atomic E-state index is 10.2. The lowest BCUT2D eigenvalue weighted by atomic mass is 10.2. The van der Waals surface area contributed by atoms with Crippen LogP contribution in [0.5, 0.6) is 0 Å². The summed E-state index contributed by atoms with van der Waals surface area (Å²) in [6.07, 6.45) is -0.241. The van der Waals surface area contributed by atoms with Gasteiger partial charge in [0.05, 0.1) is 19.7 Å². The molecule has 0 spiro atoms. The van der Waals surface area contributed by atoms with E-state index in [1.54, 1.807) is 17.4 Å². The highest BCUT2D eigenvalue weighted by Crippen LogP contribution is 2.32. The summed E-state index contributed by atoms with van der Waals surface area (Å²) >= 11 is 8.19. The van der Waals surface area contributed by atoms with Gasteiger partial charge in [-0.25, -0.2) is 4.98 Å². The van der Waals surface area contributed by atoms with Crippen LogP contribution in [0.25, 0.3) is 10.2 Å². The molecule has 0 aliphatic heterocycles. The zero-order valence-corrected chi connectivity index (χ0v) is 13.6. The summed E-state index contributed by atoms with van der Waals surface area (Å²) in [6.45, 7) is 0. The molecular weight excluding hydrogens is 394 g/mol. The molecule has 0 saturated heterocycles. The number of fused-ring (bicyclic) bond motifs is 1. The molecule has 1 aromatic carbocycles. The molecule has 0 saturated carbocycles.